The summed E-state index contributed by atoms with van der Waals surface area (Å²) in [7, 11) is -4.60. The Morgan fingerprint density at radius 1 is 0.529 bits per heavy atom. The van der Waals surface area contributed by atoms with E-state index in [1.807, 2.05) is 102 Å². The lowest BCUT2D eigenvalue weighted by Crippen LogP contribution is -2.45. The van der Waals surface area contributed by atoms with Crippen LogP contribution in [0.3, 0.4) is 0 Å². The van der Waals surface area contributed by atoms with Gasteiger partial charge in [0.1, 0.15) is 23.7 Å². The van der Waals surface area contributed by atoms with Gasteiger partial charge in [0, 0.05) is 46.0 Å². The first-order chi connectivity index (χ1) is 32.5. The van der Waals surface area contributed by atoms with Crippen LogP contribution in [0, 0.1) is 22.5 Å². The standard InChI is InChI=1S/C27H29FN2O4S.C27H29FN2O3S.CH4/c1-27(2,3)18-35(33,34)23-15-13-22(14-16-23)29-26(32)24(17-19-7-5-4-6-8-19)30-25(31)20-9-11-21(28)12-10-20;1-27(2,3)18-34(33)23-15-13-22(14-16-23)29-26(32)24(17-19-7-5-4-6-8-19)30-25(31)20-9-11-21(28)12-10-20;/h4-16,24H,17-18H2,1-3H3,(H,29,32)(H,30,31);4-16,24H,17-18H2,1-3H3,(H,29,32)(H,30,31);1H4/t24-;24-,34?;/m00./s1. The van der Waals surface area contributed by atoms with Crippen LogP contribution in [0.25, 0.3) is 0 Å². The van der Waals surface area contributed by atoms with Gasteiger partial charge in [-0.05, 0) is 119 Å². The summed E-state index contributed by atoms with van der Waals surface area (Å²) in [4.78, 5) is 52.5. The van der Waals surface area contributed by atoms with Crippen LogP contribution in [-0.2, 0) is 43.1 Å². The summed E-state index contributed by atoms with van der Waals surface area (Å²) >= 11 is 0. The summed E-state index contributed by atoms with van der Waals surface area (Å²) in [6.45, 7) is 11.7. The van der Waals surface area contributed by atoms with Crippen LogP contribution in [0.15, 0.2) is 168 Å². The lowest BCUT2D eigenvalue weighted by atomic mass is 10.0. The van der Waals surface area contributed by atoms with Crippen LogP contribution in [0.2, 0.25) is 0 Å². The number of hydrogen-bond acceptors (Lipinski definition) is 7. The van der Waals surface area contributed by atoms with Crippen molar-refractivity contribution in [1.29, 1.82) is 0 Å². The summed E-state index contributed by atoms with van der Waals surface area (Å²) in [6.07, 6.45) is 0.519. The number of carbonyl (C=O) groups is 4. The molecule has 4 N–H and O–H groups in total. The minimum atomic E-state index is -3.47. The Morgan fingerprint density at radius 2 is 0.900 bits per heavy atom. The molecule has 15 heteroatoms. The molecule has 0 saturated heterocycles. The van der Waals surface area contributed by atoms with Gasteiger partial charge >= 0.3 is 0 Å². The Balaban J connectivity index is 0.000000300. The molecule has 0 heterocycles. The molecule has 0 aromatic heterocycles. The Hall–Kier alpha value is -6.84. The first-order valence-corrected chi connectivity index (χ1v) is 25.1. The first kappa shape index (κ1) is 55.8. The zero-order valence-corrected chi connectivity index (χ0v) is 41.1. The lowest BCUT2D eigenvalue weighted by Gasteiger charge is -2.20. The number of halogens is 2. The molecule has 0 aliphatic heterocycles. The van der Waals surface area contributed by atoms with E-state index in [-0.39, 0.29) is 58.8 Å². The van der Waals surface area contributed by atoms with Crippen LogP contribution in [0.5, 0.6) is 0 Å². The number of sulfone groups is 1. The highest BCUT2D eigenvalue weighted by atomic mass is 32.2. The average molecular weight is 993 g/mol. The molecule has 0 bridgehead atoms. The molecular formula is C55H62F2N4O7S2. The fourth-order valence-corrected chi connectivity index (χ4v) is 10.1. The summed E-state index contributed by atoms with van der Waals surface area (Å²) in [5.74, 6) is -2.20. The zero-order chi connectivity index (χ0) is 50.4. The van der Waals surface area contributed by atoms with Crippen LogP contribution >= 0.6 is 0 Å². The van der Waals surface area contributed by atoms with Crippen molar-refractivity contribution in [1.82, 2.24) is 10.6 Å². The average Bonchev–Trinajstić information content (AvgIpc) is 3.29. The summed E-state index contributed by atoms with van der Waals surface area (Å²) in [6, 6.07) is 39.8. The van der Waals surface area contributed by atoms with Crippen LogP contribution in [0.1, 0.15) is 80.8 Å². The molecule has 1 unspecified atom stereocenters. The lowest BCUT2D eigenvalue weighted by molar-refractivity contribution is -0.118. The van der Waals surface area contributed by atoms with Crippen molar-refractivity contribution in [3.8, 4) is 0 Å². The SMILES string of the molecule is C.CC(C)(C)CS(=O)(=O)c1ccc(NC(=O)[C@H](Cc2ccccc2)NC(=O)c2ccc(F)cc2)cc1.CC(C)(C)CS(=O)c1ccc(NC(=O)[C@H](Cc2ccccc2)NC(=O)c2ccc(F)cc2)cc1. The molecule has 0 fully saturated rings. The number of hydrogen-bond donors (Lipinski definition) is 4. The van der Waals surface area contributed by atoms with E-state index in [4.69, 9.17) is 0 Å². The number of nitrogens with one attached hydrogen (secondary N) is 4. The largest absolute Gasteiger partial charge is 0.340 e. The maximum atomic E-state index is 13.2. The third-order valence-electron chi connectivity index (χ3n) is 10.1. The predicted molar refractivity (Wildman–Crippen MR) is 275 cm³/mol. The van der Waals surface area contributed by atoms with Gasteiger partial charge in [0.2, 0.25) is 11.8 Å². The molecule has 6 rings (SSSR count). The quantitative estimate of drug-likeness (QED) is 0.0749. The number of carbonyl (C=O) groups excluding carboxylic acids is 4. The number of benzene rings is 6. The summed E-state index contributed by atoms with van der Waals surface area (Å²) in [5, 5.41) is 11.0. The van der Waals surface area contributed by atoms with E-state index in [9.17, 15) is 40.6 Å². The third kappa shape index (κ3) is 18.2. The predicted octanol–water partition coefficient (Wildman–Crippen LogP) is 10.2. The second kappa shape index (κ2) is 25.1. The molecule has 0 spiro atoms. The van der Waals surface area contributed by atoms with E-state index in [1.54, 1.807) is 24.3 Å². The fraction of sp³-hybridized carbons (Fsp3) is 0.273. The number of rotatable bonds is 16. The van der Waals surface area contributed by atoms with Crippen molar-refractivity contribution in [2.75, 3.05) is 22.1 Å². The van der Waals surface area contributed by atoms with Gasteiger partial charge in [0.25, 0.3) is 11.8 Å². The number of amides is 4. The van der Waals surface area contributed by atoms with E-state index in [0.29, 0.717) is 22.0 Å². The highest BCUT2D eigenvalue weighted by molar-refractivity contribution is 7.91. The monoisotopic (exact) mass is 992 g/mol. The molecule has 0 radical (unpaired) electrons. The summed E-state index contributed by atoms with van der Waals surface area (Å²) < 4.78 is 64.2. The van der Waals surface area contributed by atoms with Crippen LogP contribution < -0.4 is 21.3 Å². The van der Waals surface area contributed by atoms with Gasteiger partial charge in [-0.1, -0.05) is 110 Å². The Bertz CT molecular complexity index is 2800. The van der Waals surface area contributed by atoms with Crippen molar-refractivity contribution >= 4 is 55.6 Å². The van der Waals surface area contributed by atoms with Gasteiger partial charge in [0.15, 0.2) is 9.84 Å². The maximum absolute atomic E-state index is 13.2. The third-order valence-corrected chi connectivity index (χ3v) is 14.2. The van der Waals surface area contributed by atoms with Crippen LogP contribution in [0.4, 0.5) is 20.2 Å². The van der Waals surface area contributed by atoms with Crippen LogP contribution in [-0.4, -0.2) is 59.8 Å². The minimum Gasteiger partial charge on any atom is -0.340 e. The van der Waals surface area contributed by atoms with Gasteiger partial charge in [-0.25, -0.2) is 17.2 Å². The molecule has 6 aromatic rings. The second-order valence-electron chi connectivity index (χ2n) is 18.8. The van der Waals surface area contributed by atoms with Gasteiger partial charge < -0.3 is 21.3 Å². The Labute approximate surface area is 413 Å². The van der Waals surface area contributed by atoms with Gasteiger partial charge in [-0.15, -0.1) is 0 Å². The fourth-order valence-electron chi connectivity index (χ4n) is 6.83. The van der Waals surface area contributed by atoms with Gasteiger partial charge in [0.05, 0.1) is 21.4 Å². The molecule has 6 aromatic carbocycles. The van der Waals surface area contributed by atoms with Crippen molar-refractivity contribution in [3.63, 3.8) is 0 Å². The van der Waals surface area contributed by atoms with E-state index in [1.165, 1.54) is 72.8 Å². The molecule has 4 amide bonds. The van der Waals surface area contributed by atoms with Crippen molar-refractivity contribution in [2.45, 2.75) is 83.7 Å². The van der Waals surface area contributed by atoms with Gasteiger partial charge in [-0.3, -0.25) is 23.4 Å². The maximum Gasteiger partial charge on any atom is 0.251 e. The molecule has 0 aliphatic rings. The Kier molecular flexibility index (Phi) is 20.0. The normalized spacial score (nSPS) is 12.6. The van der Waals surface area contributed by atoms with E-state index in [0.717, 1.165) is 11.1 Å². The highest BCUT2D eigenvalue weighted by Crippen LogP contribution is 2.24. The minimum absolute atomic E-state index is 0. The zero-order valence-electron chi connectivity index (χ0n) is 39.4. The molecule has 11 nitrogen and oxygen atoms in total. The van der Waals surface area contributed by atoms with Crippen molar-refractivity contribution < 1.29 is 40.6 Å². The van der Waals surface area contributed by atoms with E-state index >= 15 is 0 Å². The molecule has 370 valence electrons. The van der Waals surface area contributed by atoms with E-state index < -0.39 is 62.1 Å². The smallest absolute Gasteiger partial charge is 0.251 e. The number of anilines is 2. The molecule has 0 aliphatic carbocycles. The topological polar surface area (TPSA) is 168 Å². The van der Waals surface area contributed by atoms with Crippen molar-refractivity contribution in [3.05, 3.63) is 192 Å². The van der Waals surface area contributed by atoms with Crippen molar-refractivity contribution in [2.24, 2.45) is 10.8 Å². The van der Waals surface area contributed by atoms with E-state index in [2.05, 4.69) is 21.3 Å². The molecule has 0 saturated carbocycles. The highest BCUT2D eigenvalue weighted by Gasteiger charge is 2.26. The summed E-state index contributed by atoms with van der Waals surface area (Å²) in [5.41, 5.74) is 2.70. The van der Waals surface area contributed by atoms with Gasteiger partial charge in [-0.2, -0.15) is 0 Å². The Morgan fingerprint density at radius 3 is 1.26 bits per heavy atom. The molecule has 70 heavy (non-hydrogen) atoms. The second-order valence-corrected chi connectivity index (χ2v) is 22.3. The molecular weight excluding hydrogens is 931 g/mol. The first-order valence-electron chi connectivity index (χ1n) is 22.2. The molecule has 3 atom stereocenters.